The Kier molecular flexibility index (Phi) is 4.55. The summed E-state index contributed by atoms with van der Waals surface area (Å²) in [6.45, 7) is 2.21. The number of hydrogen-bond acceptors (Lipinski definition) is 3. The van der Waals surface area contributed by atoms with E-state index >= 15 is 0 Å². The maximum absolute atomic E-state index is 13.3. The molecular formula is C13H13ClFNOS. The lowest BCUT2D eigenvalue weighted by atomic mass is 10.2. The van der Waals surface area contributed by atoms with Gasteiger partial charge in [-0.3, -0.25) is 0 Å². The SMILES string of the molecule is Cc1ccc(OCCc2nc(CCl)cs2)cc1F. The minimum atomic E-state index is -0.244. The van der Waals surface area contributed by atoms with E-state index in [9.17, 15) is 4.39 Å². The van der Waals surface area contributed by atoms with Gasteiger partial charge in [-0.15, -0.1) is 22.9 Å². The number of hydrogen-bond donors (Lipinski definition) is 0. The fourth-order valence-electron chi connectivity index (χ4n) is 1.44. The van der Waals surface area contributed by atoms with E-state index in [1.165, 1.54) is 6.07 Å². The molecule has 2 nitrogen and oxygen atoms in total. The van der Waals surface area contributed by atoms with E-state index in [-0.39, 0.29) is 5.82 Å². The summed E-state index contributed by atoms with van der Waals surface area (Å²) in [7, 11) is 0. The van der Waals surface area contributed by atoms with Crippen LogP contribution in [-0.2, 0) is 12.3 Å². The van der Waals surface area contributed by atoms with E-state index in [0.717, 1.165) is 10.7 Å². The molecule has 0 bridgehead atoms. The standard InChI is InChI=1S/C13H13ClFNOS/c1-9-2-3-11(6-12(9)15)17-5-4-13-16-10(7-14)8-18-13/h2-3,6,8H,4-5,7H2,1H3. The predicted octanol–water partition coefficient (Wildman–Crippen LogP) is 3.95. The summed E-state index contributed by atoms with van der Waals surface area (Å²) < 4.78 is 18.8. The van der Waals surface area contributed by atoms with Gasteiger partial charge in [0.15, 0.2) is 0 Å². The third-order valence-electron chi connectivity index (χ3n) is 2.46. The summed E-state index contributed by atoms with van der Waals surface area (Å²) in [4.78, 5) is 4.32. The molecule has 0 radical (unpaired) electrons. The Balaban J connectivity index is 1.86. The van der Waals surface area contributed by atoms with Crippen LogP contribution in [0.4, 0.5) is 4.39 Å². The van der Waals surface area contributed by atoms with Gasteiger partial charge in [0, 0.05) is 17.9 Å². The van der Waals surface area contributed by atoms with E-state index in [4.69, 9.17) is 16.3 Å². The van der Waals surface area contributed by atoms with E-state index in [1.807, 2.05) is 5.38 Å². The van der Waals surface area contributed by atoms with Crippen molar-refractivity contribution in [2.24, 2.45) is 0 Å². The molecule has 0 saturated carbocycles. The quantitative estimate of drug-likeness (QED) is 0.776. The molecule has 2 rings (SSSR count). The Morgan fingerprint density at radius 2 is 2.28 bits per heavy atom. The lowest BCUT2D eigenvalue weighted by Crippen LogP contribution is -2.01. The van der Waals surface area contributed by atoms with Crippen LogP contribution in [0.3, 0.4) is 0 Å². The van der Waals surface area contributed by atoms with Gasteiger partial charge in [-0.05, 0) is 18.6 Å². The molecule has 0 spiro atoms. The van der Waals surface area contributed by atoms with Gasteiger partial charge >= 0.3 is 0 Å². The van der Waals surface area contributed by atoms with Crippen molar-refractivity contribution in [1.82, 2.24) is 4.98 Å². The lowest BCUT2D eigenvalue weighted by Gasteiger charge is -2.05. The van der Waals surface area contributed by atoms with Crippen LogP contribution >= 0.6 is 22.9 Å². The number of alkyl halides is 1. The summed E-state index contributed by atoms with van der Waals surface area (Å²) in [6, 6.07) is 4.88. The van der Waals surface area contributed by atoms with Gasteiger partial charge in [-0.1, -0.05) is 6.07 Å². The van der Waals surface area contributed by atoms with Crippen molar-refractivity contribution < 1.29 is 9.13 Å². The van der Waals surface area contributed by atoms with Gasteiger partial charge in [-0.25, -0.2) is 9.37 Å². The van der Waals surface area contributed by atoms with Crippen molar-refractivity contribution in [3.05, 3.63) is 45.7 Å². The zero-order chi connectivity index (χ0) is 13.0. The smallest absolute Gasteiger partial charge is 0.129 e. The number of benzene rings is 1. The molecule has 96 valence electrons. The molecule has 1 heterocycles. The molecule has 2 aromatic rings. The Morgan fingerprint density at radius 1 is 1.44 bits per heavy atom. The number of ether oxygens (including phenoxy) is 1. The molecular weight excluding hydrogens is 273 g/mol. The van der Waals surface area contributed by atoms with E-state index in [2.05, 4.69) is 4.98 Å². The molecule has 0 N–H and O–H groups in total. The largest absolute Gasteiger partial charge is 0.493 e. The van der Waals surface area contributed by atoms with Crippen LogP contribution in [-0.4, -0.2) is 11.6 Å². The Morgan fingerprint density at radius 3 is 2.94 bits per heavy atom. The highest BCUT2D eigenvalue weighted by molar-refractivity contribution is 7.09. The molecule has 18 heavy (non-hydrogen) atoms. The van der Waals surface area contributed by atoms with Gasteiger partial charge < -0.3 is 4.74 Å². The molecule has 0 fully saturated rings. The fraction of sp³-hybridized carbons (Fsp3) is 0.308. The van der Waals surface area contributed by atoms with Gasteiger partial charge in [0.2, 0.25) is 0 Å². The highest BCUT2D eigenvalue weighted by Crippen LogP contribution is 2.17. The van der Waals surface area contributed by atoms with Crippen LogP contribution in [0.15, 0.2) is 23.6 Å². The molecule has 0 atom stereocenters. The second-order valence-electron chi connectivity index (χ2n) is 3.88. The Bertz CT molecular complexity index is 529. The van der Waals surface area contributed by atoms with E-state index in [1.54, 1.807) is 30.4 Å². The van der Waals surface area contributed by atoms with Crippen molar-refractivity contribution in [2.45, 2.75) is 19.2 Å². The zero-order valence-corrected chi connectivity index (χ0v) is 11.5. The third kappa shape index (κ3) is 3.43. The van der Waals surface area contributed by atoms with Crippen molar-refractivity contribution in [2.75, 3.05) is 6.61 Å². The van der Waals surface area contributed by atoms with Crippen molar-refractivity contribution in [3.8, 4) is 5.75 Å². The average Bonchev–Trinajstić information content (AvgIpc) is 2.82. The first kappa shape index (κ1) is 13.3. The number of nitrogens with zero attached hydrogens (tertiary/aromatic N) is 1. The van der Waals surface area contributed by atoms with Crippen molar-refractivity contribution in [3.63, 3.8) is 0 Å². The summed E-state index contributed by atoms with van der Waals surface area (Å²) in [5, 5.41) is 2.92. The van der Waals surface area contributed by atoms with Crippen molar-refractivity contribution in [1.29, 1.82) is 0 Å². The molecule has 0 aliphatic rings. The van der Waals surface area contributed by atoms with Crippen LogP contribution in [0, 0.1) is 12.7 Å². The van der Waals surface area contributed by atoms with Crippen molar-refractivity contribution >= 4 is 22.9 Å². The van der Waals surface area contributed by atoms with E-state index in [0.29, 0.717) is 30.2 Å². The molecule has 0 aliphatic heterocycles. The van der Waals surface area contributed by atoms with Crippen LogP contribution in [0.1, 0.15) is 16.3 Å². The highest BCUT2D eigenvalue weighted by Gasteiger charge is 2.03. The first-order chi connectivity index (χ1) is 8.69. The maximum atomic E-state index is 13.3. The number of aryl methyl sites for hydroxylation is 1. The molecule has 1 aromatic carbocycles. The number of halogens is 2. The van der Waals surface area contributed by atoms with E-state index < -0.39 is 0 Å². The number of thiazole rings is 1. The summed E-state index contributed by atoms with van der Waals surface area (Å²) >= 11 is 7.24. The minimum absolute atomic E-state index is 0.244. The summed E-state index contributed by atoms with van der Waals surface area (Å²) in [6.07, 6.45) is 0.705. The first-order valence-electron chi connectivity index (χ1n) is 5.57. The third-order valence-corrected chi connectivity index (χ3v) is 3.70. The molecule has 0 aliphatic carbocycles. The Labute approximate surface area is 114 Å². The second kappa shape index (κ2) is 6.16. The molecule has 0 amide bonds. The van der Waals surface area contributed by atoms with Crippen LogP contribution in [0.5, 0.6) is 5.75 Å². The zero-order valence-electron chi connectivity index (χ0n) is 9.95. The normalized spacial score (nSPS) is 10.6. The minimum Gasteiger partial charge on any atom is -0.493 e. The topological polar surface area (TPSA) is 22.1 Å². The summed E-state index contributed by atoms with van der Waals surface area (Å²) in [5.41, 5.74) is 1.51. The van der Waals surface area contributed by atoms with Gasteiger partial charge in [-0.2, -0.15) is 0 Å². The van der Waals surface area contributed by atoms with Gasteiger partial charge in [0.05, 0.1) is 23.2 Å². The van der Waals surface area contributed by atoms with Crippen LogP contribution < -0.4 is 4.74 Å². The molecule has 0 saturated heterocycles. The van der Waals surface area contributed by atoms with Gasteiger partial charge in [0.1, 0.15) is 11.6 Å². The Hall–Kier alpha value is -1.13. The lowest BCUT2D eigenvalue weighted by molar-refractivity contribution is 0.320. The fourth-order valence-corrected chi connectivity index (χ4v) is 2.45. The second-order valence-corrected chi connectivity index (χ2v) is 5.09. The van der Waals surface area contributed by atoms with Crippen LogP contribution in [0.2, 0.25) is 0 Å². The number of rotatable bonds is 5. The van der Waals surface area contributed by atoms with Crippen LogP contribution in [0.25, 0.3) is 0 Å². The molecule has 1 aromatic heterocycles. The highest BCUT2D eigenvalue weighted by atomic mass is 35.5. The first-order valence-corrected chi connectivity index (χ1v) is 6.98. The average molecular weight is 286 g/mol. The monoisotopic (exact) mass is 285 g/mol. The maximum Gasteiger partial charge on any atom is 0.129 e. The molecule has 0 unspecified atom stereocenters. The predicted molar refractivity (Wildman–Crippen MR) is 72.0 cm³/mol. The van der Waals surface area contributed by atoms with Gasteiger partial charge in [0.25, 0.3) is 0 Å². The number of aromatic nitrogens is 1. The molecule has 5 heteroatoms. The summed E-state index contributed by atoms with van der Waals surface area (Å²) in [5.74, 6) is 0.735.